The first-order valence-corrected chi connectivity index (χ1v) is 5.67. The second kappa shape index (κ2) is 4.78. The minimum absolute atomic E-state index is 0.843. The van der Waals surface area contributed by atoms with Crippen molar-refractivity contribution in [2.75, 3.05) is 26.3 Å². The maximum absolute atomic E-state index is 10.5. The molecule has 2 heterocycles. The standard InChI is InChI=1S/C11H19NO2/c13-9-12-5-1-10(2-6-12)11-3-7-14-8-4-11/h9-11H,1-8H2. The van der Waals surface area contributed by atoms with Crippen molar-refractivity contribution in [2.24, 2.45) is 11.8 Å². The Labute approximate surface area is 85.4 Å². The zero-order valence-electron chi connectivity index (χ0n) is 8.65. The Morgan fingerprint density at radius 2 is 1.57 bits per heavy atom. The van der Waals surface area contributed by atoms with Gasteiger partial charge in [0.05, 0.1) is 0 Å². The van der Waals surface area contributed by atoms with Crippen LogP contribution in [0.1, 0.15) is 25.7 Å². The van der Waals surface area contributed by atoms with Crippen molar-refractivity contribution in [2.45, 2.75) is 25.7 Å². The first-order chi connectivity index (χ1) is 6.90. The first-order valence-electron chi connectivity index (χ1n) is 5.67. The van der Waals surface area contributed by atoms with Gasteiger partial charge in [-0.3, -0.25) is 4.79 Å². The van der Waals surface area contributed by atoms with E-state index in [1.54, 1.807) is 0 Å². The Morgan fingerprint density at radius 1 is 1.00 bits per heavy atom. The molecule has 0 spiro atoms. The van der Waals surface area contributed by atoms with Crippen molar-refractivity contribution in [3.8, 4) is 0 Å². The molecule has 0 unspecified atom stereocenters. The molecule has 0 aromatic carbocycles. The summed E-state index contributed by atoms with van der Waals surface area (Å²) in [6.45, 7) is 3.81. The Kier molecular flexibility index (Phi) is 3.40. The summed E-state index contributed by atoms with van der Waals surface area (Å²) < 4.78 is 5.37. The van der Waals surface area contributed by atoms with Crippen molar-refractivity contribution in [3.63, 3.8) is 0 Å². The Morgan fingerprint density at radius 3 is 2.14 bits per heavy atom. The topological polar surface area (TPSA) is 29.5 Å². The minimum atomic E-state index is 0.843. The molecular weight excluding hydrogens is 178 g/mol. The number of hydrogen-bond donors (Lipinski definition) is 0. The third kappa shape index (κ3) is 2.27. The molecule has 0 N–H and O–H groups in total. The molecule has 2 saturated heterocycles. The third-order valence-corrected chi connectivity index (χ3v) is 3.66. The van der Waals surface area contributed by atoms with Crippen LogP contribution in [0.2, 0.25) is 0 Å². The molecule has 3 heteroatoms. The van der Waals surface area contributed by atoms with Crippen molar-refractivity contribution in [1.82, 2.24) is 4.90 Å². The smallest absolute Gasteiger partial charge is 0.209 e. The van der Waals surface area contributed by atoms with Gasteiger partial charge in [-0.25, -0.2) is 0 Å². The highest BCUT2D eigenvalue weighted by atomic mass is 16.5. The quantitative estimate of drug-likeness (QED) is 0.624. The normalized spacial score (nSPS) is 26.4. The van der Waals surface area contributed by atoms with Crippen LogP contribution in [-0.2, 0) is 9.53 Å². The largest absolute Gasteiger partial charge is 0.381 e. The summed E-state index contributed by atoms with van der Waals surface area (Å²) >= 11 is 0. The summed E-state index contributed by atoms with van der Waals surface area (Å²) in [5, 5.41) is 0. The summed E-state index contributed by atoms with van der Waals surface area (Å²) in [5.74, 6) is 1.70. The van der Waals surface area contributed by atoms with Gasteiger partial charge in [0.15, 0.2) is 0 Å². The summed E-state index contributed by atoms with van der Waals surface area (Å²) in [5.41, 5.74) is 0. The lowest BCUT2D eigenvalue weighted by atomic mass is 9.80. The van der Waals surface area contributed by atoms with Gasteiger partial charge in [0, 0.05) is 26.3 Å². The van der Waals surface area contributed by atoms with Crippen LogP contribution in [0.3, 0.4) is 0 Å². The summed E-state index contributed by atoms with van der Waals surface area (Å²) in [4.78, 5) is 12.4. The molecular formula is C11H19NO2. The van der Waals surface area contributed by atoms with E-state index in [0.29, 0.717) is 0 Å². The van der Waals surface area contributed by atoms with E-state index in [4.69, 9.17) is 4.74 Å². The zero-order chi connectivity index (χ0) is 9.80. The van der Waals surface area contributed by atoms with Crippen molar-refractivity contribution in [3.05, 3.63) is 0 Å². The van der Waals surface area contributed by atoms with Gasteiger partial charge in [-0.05, 0) is 37.5 Å². The number of carbonyl (C=O) groups excluding carboxylic acids is 1. The van der Waals surface area contributed by atoms with Crippen molar-refractivity contribution >= 4 is 6.41 Å². The number of nitrogens with zero attached hydrogens (tertiary/aromatic N) is 1. The van der Waals surface area contributed by atoms with Gasteiger partial charge in [0.1, 0.15) is 0 Å². The van der Waals surface area contributed by atoms with Gasteiger partial charge in [-0.15, -0.1) is 0 Å². The van der Waals surface area contributed by atoms with Crippen LogP contribution in [0.15, 0.2) is 0 Å². The van der Waals surface area contributed by atoms with Gasteiger partial charge >= 0.3 is 0 Å². The highest BCUT2D eigenvalue weighted by Gasteiger charge is 2.27. The lowest BCUT2D eigenvalue weighted by molar-refractivity contribution is -0.119. The highest BCUT2D eigenvalue weighted by molar-refractivity contribution is 5.47. The van der Waals surface area contributed by atoms with E-state index in [-0.39, 0.29) is 0 Å². The molecule has 80 valence electrons. The molecule has 0 aromatic heterocycles. The lowest BCUT2D eigenvalue weighted by Gasteiger charge is -2.36. The molecule has 0 aliphatic carbocycles. The molecule has 2 fully saturated rings. The average Bonchev–Trinajstić information content (AvgIpc) is 2.30. The van der Waals surface area contributed by atoms with E-state index >= 15 is 0 Å². The number of piperidine rings is 1. The van der Waals surface area contributed by atoms with E-state index in [2.05, 4.69) is 0 Å². The number of rotatable bonds is 2. The van der Waals surface area contributed by atoms with Crippen LogP contribution >= 0.6 is 0 Å². The van der Waals surface area contributed by atoms with Crippen molar-refractivity contribution < 1.29 is 9.53 Å². The van der Waals surface area contributed by atoms with Gasteiger partial charge < -0.3 is 9.64 Å². The summed E-state index contributed by atoms with van der Waals surface area (Å²) in [7, 11) is 0. The number of likely N-dealkylation sites (tertiary alicyclic amines) is 1. The highest BCUT2D eigenvalue weighted by Crippen LogP contribution is 2.31. The number of hydrogen-bond acceptors (Lipinski definition) is 2. The molecule has 2 rings (SSSR count). The van der Waals surface area contributed by atoms with Crippen LogP contribution in [0.4, 0.5) is 0 Å². The van der Waals surface area contributed by atoms with Crippen molar-refractivity contribution in [1.29, 1.82) is 0 Å². The summed E-state index contributed by atoms with van der Waals surface area (Å²) in [6.07, 6.45) is 5.84. The average molecular weight is 197 g/mol. The second-order valence-electron chi connectivity index (χ2n) is 4.43. The molecule has 0 atom stereocenters. The lowest BCUT2D eigenvalue weighted by Crippen LogP contribution is -2.36. The molecule has 0 bridgehead atoms. The third-order valence-electron chi connectivity index (χ3n) is 3.66. The molecule has 0 saturated carbocycles. The SMILES string of the molecule is O=CN1CCC(C2CCOCC2)CC1. The van der Waals surface area contributed by atoms with E-state index < -0.39 is 0 Å². The maximum Gasteiger partial charge on any atom is 0.209 e. The Bertz CT molecular complexity index is 182. The fourth-order valence-corrected chi connectivity index (χ4v) is 2.68. The Hall–Kier alpha value is -0.570. The minimum Gasteiger partial charge on any atom is -0.381 e. The van der Waals surface area contributed by atoms with E-state index in [1.807, 2.05) is 4.90 Å². The van der Waals surface area contributed by atoms with E-state index in [0.717, 1.165) is 44.5 Å². The monoisotopic (exact) mass is 197 g/mol. The fraction of sp³-hybridized carbons (Fsp3) is 0.909. The first kappa shape index (κ1) is 9.97. The molecule has 2 aliphatic rings. The van der Waals surface area contributed by atoms with Crippen LogP contribution in [0, 0.1) is 11.8 Å². The molecule has 0 radical (unpaired) electrons. The predicted molar refractivity (Wildman–Crippen MR) is 53.9 cm³/mol. The fourth-order valence-electron chi connectivity index (χ4n) is 2.68. The van der Waals surface area contributed by atoms with Gasteiger partial charge in [0.25, 0.3) is 0 Å². The molecule has 3 nitrogen and oxygen atoms in total. The molecule has 0 aromatic rings. The van der Waals surface area contributed by atoms with Gasteiger partial charge in [-0.1, -0.05) is 0 Å². The second-order valence-corrected chi connectivity index (χ2v) is 4.43. The molecule has 14 heavy (non-hydrogen) atoms. The molecule has 1 amide bonds. The van der Waals surface area contributed by atoms with Crippen LogP contribution in [-0.4, -0.2) is 37.6 Å². The Balaban J connectivity index is 1.78. The van der Waals surface area contributed by atoms with Crippen LogP contribution in [0.25, 0.3) is 0 Å². The van der Waals surface area contributed by atoms with Crippen LogP contribution in [0.5, 0.6) is 0 Å². The summed E-state index contributed by atoms with van der Waals surface area (Å²) in [6, 6.07) is 0. The van der Waals surface area contributed by atoms with Gasteiger partial charge in [0.2, 0.25) is 6.41 Å². The molecule has 2 aliphatic heterocycles. The maximum atomic E-state index is 10.5. The van der Waals surface area contributed by atoms with Gasteiger partial charge in [-0.2, -0.15) is 0 Å². The van der Waals surface area contributed by atoms with E-state index in [9.17, 15) is 4.79 Å². The van der Waals surface area contributed by atoms with Crippen LogP contribution < -0.4 is 0 Å². The number of ether oxygens (including phenoxy) is 1. The number of amides is 1. The van der Waals surface area contributed by atoms with E-state index in [1.165, 1.54) is 25.7 Å². The number of carbonyl (C=O) groups is 1. The predicted octanol–water partition coefficient (Wildman–Crippen LogP) is 1.28. The zero-order valence-corrected chi connectivity index (χ0v) is 8.65.